The molecule has 0 bridgehead atoms. The average Bonchev–Trinajstić information content (AvgIpc) is 2.08. The third-order valence-electron chi connectivity index (χ3n) is 1.41. The number of carbonyl (C=O) groups is 2. The predicted molar refractivity (Wildman–Crippen MR) is 52.7 cm³/mol. The molecule has 0 atom stereocenters. The second-order valence-corrected chi connectivity index (χ2v) is 2.62. The molecule has 1 aliphatic rings. The number of hydrogen-bond acceptors (Lipinski definition) is 2. The molecule has 1 N–H and O–H groups in total. The Kier molecular flexibility index (Phi) is 12.6. The van der Waals surface area contributed by atoms with Gasteiger partial charge in [0.05, 0.1) is 0 Å². The molecule has 3 nitrogen and oxygen atoms in total. The molecule has 0 amide bonds. The van der Waals surface area contributed by atoms with Crippen LogP contribution in [0.15, 0.2) is 0 Å². The highest BCUT2D eigenvalue weighted by atomic mass is 16.4. The van der Waals surface area contributed by atoms with Gasteiger partial charge < -0.3 is 5.11 Å². The molecular weight excluding hydrogens is 168 g/mol. The second-order valence-electron chi connectivity index (χ2n) is 2.62. The van der Waals surface area contributed by atoms with E-state index in [0.717, 1.165) is 32.6 Å². The molecule has 0 aliphatic heterocycles. The van der Waals surface area contributed by atoms with E-state index in [1.807, 2.05) is 13.8 Å². The van der Waals surface area contributed by atoms with Crippen LogP contribution in [0, 0.1) is 0 Å². The summed E-state index contributed by atoms with van der Waals surface area (Å²) in [6, 6.07) is 0. The molecule has 0 heterocycles. The number of hydrogen-bond donors (Lipinski definition) is 1. The van der Waals surface area contributed by atoms with Crippen LogP contribution in [-0.2, 0) is 9.59 Å². The van der Waals surface area contributed by atoms with Crippen LogP contribution in [0.5, 0.6) is 0 Å². The maximum absolute atomic E-state index is 10.5. The summed E-state index contributed by atoms with van der Waals surface area (Å²) < 4.78 is 0. The number of aliphatic carboxylic acids is 1. The van der Waals surface area contributed by atoms with Crippen molar-refractivity contribution in [2.75, 3.05) is 0 Å². The van der Waals surface area contributed by atoms with E-state index in [-0.39, 0.29) is 0 Å². The lowest BCUT2D eigenvalue weighted by atomic mass is 10.00. The summed E-state index contributed by atoms with van der Waals surface area (Å²) in [4.78, 5) is 19.5. The van der Waals surface area contributed by atoms with Crippen LogP contribution < -0.4 is 0 Å². The fraction of sp³-hybridized carbons (Fsp3) is 0.800. The van der Waals surface area contributed by atoms with Crippen molar-refractivity contribution in [3.8, 4) is 0 Å². The van der Waals surface area contributed by atoms with Gasteiger partial charge in [0.15, 0.2) is 0 Å². The Hall–Kier alpha value is -0.860. The fourth-order valence-electron chi connectivity index (χ4n) is 0.946. The van der Waals surface area contributed by atoms with Gasteiger partial charge in [0.2, 0.25) is 0 Å². The van der Waals surface area contributed by atoms with E-state index in [2.05, 4.69) is 0 Å². The lowest BCUT2D eigenvalue weighted by Crippen LogP contribution is -2.02. The van der Waals surface area contributed by atoms with Crippen molar-refractivity contribution < 1.29 is 14.7 Å². The Balaban J connectivity index is 0. The molecule has 1 rings (SSSR count). The van der Waals surface area contributed by atoms with Gasteiger partial charge in [0.1, 0.15) is 5.78 Å². The van der Waals surface area contributed by atoms with Gasteiger partial charge in [0, 0.05) is 19.8 Å². The predicted octanol–water partition coefficient (Wildman–Crippen LogP) is 2.64. The molecule has 1 fully saturated rings. The monoisotopic (exact) mass is 188 g/mol. The van der Waals surface area contributed by atoms with Crippen LogP contribution >= 0.6 is 0 Å². The lowest BCUT2D eigenvalue weighted by Gasteiger charge is -2.05. The van der Waals surface area contributed by atoms with Gasteiger partial charge >= 0.3 is 0 Å². The quantitative estimate of drug-likeness (QED) is 0.635. The Morgan fingerprint density at radius 1 is 1.15 bits per heavy atom. The first-order chi connectivity index (χ1) is 6.13. The molecule has 1 saturated carbocycles. The first kappa shape index (κ1) is 14.7. The van der Waals surface area contributed by atoms with E-state index in [1.165, 1.54) is 6.42 Å². The SMILES string of the molecule is CC.CC(=O)O.O=C1CCCCC1. The van der Waals surface area contributed by atoms with E-state index < -0.39 is 5.97 Å². The summed E-state index contributed by atoms with van der Waals surface area (Å²) in [5, 5.41) is 7.42. The maximum Gasteiger partial charge on any atom is 0.300 e. The molecule has 78 valence electrons. The third kappa shape index (κ3) is 18.3. The largest absolute Gasteiger partial charge is 0.481 e. The smallest absolute Gasteiger partial charge is 0.300 e. The van der Waals surface area contributed by atoms with Crippen molar-refractivity contribution in [3.63, 3.8) is 0 Å². The van der Waals surface area contributed by atoms with E-state index in [0.29, 0.717) is 5.78 Å². The third-order valence-corrected chi connectivity index (χ3v) is 1.41. The van der Waals surface area contributed by atoms with Gasteiger partial charge in [-0.25, -0.2) is 0 Å². The van der Waals surface area contributed by atoms with Crippen LogP contribution in [0.25, 0.3) is 0 Å². The van der Waals surface area contributed by atoms with Crippen molar-refractivity contribution in [2.45, 2.75) is 52.9 Å². The molecule has 0 aromatic heterocycles. The minimum Gasteiger partial charge on any atom is -0.481 e. The normalized spacial score (nSPS) is 14.5. The highest BCUT2D eigenvalue weighted by Gasteiger charge is 2.05. The number of carbonyl (C=O) groups excluding carboxylic acids is 1. The molecule has 0 aromatic rings. The summed E-state index contributed by atoms with van der Waals surface area (Å²) in [6.45, 7) is 5.08. The van der Waals surface area contributed by atoms with Crippen molar-refractivity contribution >= 4 is 11.8 Å². The summed E-state index contributed by atoms with van der Waals surface area (Å²) in [5.74, 6) is -0.369. The van der Waals surface area contributed by atoms with Gasteiger partial charge in [-0.15, -0.1) is 0 Å². The van der Waals surface area contributed by atoms with Gasteiger partial charge in [-0.05, 0) is 12.8 Å². The molecule has 13 heavy (non-hydrogen) atoms. The number of Topliss-reactive ketones (excluding diaryl/α,β-unsaturated/α-hetero) is 1. The van der Waals surface area contributed by atoms with E-state index >= 15 is 0 Å². The zero-order valence-corrected chi connectivity index (χ0v) is 8.80. The molecule has 0 radical (unpaired) electrons. The maximum atomic E-state index is 10.5. The van der Waals surface area contributed by atoms with Gasteiger partial charge in [0.25, 0.3) is 5.97 Å². The van der Waals surface area contributed by atoms with E-state index in [1.54, 1.807) is 0 Å². The van der Waals surface area contributed by atoms with Crippen LogP contribution in [0.2, 0.25) is 0 Å². The first-order valence-corrected chi connectivity index (χ1v) is 4.84. The Bertz CT molecular complexity index is 129. The molecule has 1 aliphatic carbocycles. The summed E-state index contributed by atoms with van der Waals surface area (Å²) in [5.41, 5.74) is 0. The first-order valence-electron chi connectivity index (χ1n) is 4.84. The van der Waals surface area contributed by atoms with Gasteiger partial charge in [-0.1, -0.05) is 20.3 Å². The zero-order valence-electron chi connectivity index (χ0n) is 8.80. The Labute approximate surface area is 80.1 Å². The second kappa shape index (κ2) is 11.1. The van der Waals surface area contributed by atoms with Crippen LogP contribution in [0.3, 0.4) is 0 Å². The molecule has 0 aromatic carbocycles. The number of ketones is 1. The highest BCUT2D eigenvalue weighted by Crippen LogP contribution is 2.12. The minimum absolute atomic E-state index is 0.464. The highest BCUT2D eigenvalue weighted by molar-refractivity contribution is 5.78. The van der Waals surface area contributed by atoms with Crippen LogP contribution in [-0.4, -0.2) is 16.9 Å². The standard InChI is InChI=1S/C6H10O.C2H4O2.C2H6/c7-6-4-2-1-3-5-6;1-2(3)4;1-2/h1-5H2;1H3,(H,3,4);1-2H3. The Morgan fingerprint density at radius 2 is 1.46 bits per heavy atom. The Morgan fingerprint density at radius 3 is 1.62 bits per heavy atom. The van der Waals surface area contributed by atoms with E-state index in [9.17, 15) is 4.79 Å². The topological polar surface area (TPSA) is 54.4 Å². The van der Waals surface area contributed by atoms with Gasteiger partial charge in [-0.2, -0.15) is 0 Å². The zero-order chi connectivity index (χ0) is 10.7. The summed E-state index contributed by atoms with van der Waals surface area (Å²) in [7, 11) is 0. The number of carboxylic acid groups (broad SMARTS) is 1. The number of rotatable bonds is 0. The molecule has 0 unspecified atom stereocenters. The van der Waals surface area contributed by atoms with Crippen molar-refractivity contribution in [3.05, 3.63) is 0 Å². The molecule has 0 saturated heterocycles. The lowest BCUT2D eigenvalue weighted by molar-refractivity contribution is -0.134. The van der Waals surface area contributed by atoms with Crippen LogP contribution in [0.1, 0.15) is 52.9 Å². The fourth-order valence-corrected chi connectivity index (χ4v) is 0.946. The van der Waals surface area contributed by atoms with Gasteiger partial charge in [-0.3, -0.25) is 9.59 Å². The molecule has 3 heteroatoms. The van der Waals surface area contributed by atoms with Crippen molar-refractivity contribution in [2.24, 2.45) is 0 Å². The summed E-state index contributed by atoms with van der Waals surface area (Å²) in [6.07, 6.45) is 5.24. The molecular formula is C10H20O3. The average molecular weight is 188 g/mol. The van der Waals surface area contributed by atoms with Crippen LogP contribution in [0.4, 0.5) is 0 Å². The number of carboxylic acids is 1. The summed E-state index contributed by atoms with van der Waals surface area (Å²) >= 11 is 0. The van der Waals surface area contributed by atoms with Crippen molar-refractivity contribution in [1.29, 1.82) is 0 Å². The molecule has 0 spiro atoms. The van der Waals surface area contributed by atoms with Crippen molar-refractivity contribution in [1.82, 2.24) is 0 Å². The van der Waals surface area contributed by atoms with E-state index in [4.69, 9.17) is 9.90 Å². The minimum atomic E-state index is -0.833.